The Hall–Kier alpha value is -1.55. The van der Waals surface area contributed by atoms with Crippen molar-refractivity contribution in [2.24, 2.45) is 5.41 Å². The van der Waals surface area contributed by atoms with Crippen LogP contribution in [0.25, 0.3) is 0 Å². The molecule has 1 aromatic carbocycles. The van der Waals surface area contributed by atoms with Crippen LogP contribution in [0.15, 0.2) is 24.3 Å². The van der Waals surface area contributed by atoms with Gasteiger partial charge in [0.2, 0.25) is 5.91 Å². The molecule has 17 heavy (non-hydrogen) atoms. The molecule has 0 aliphatic carbocycles. The quantitative estimate of drug-likeness (QED) is 0.821. The van der Waals surface area contributed by atoms with Crippen molar-refractivity contribution in [3.63, 3.8) is 0 Å². The van der Waals surface area contributed by atoms with E-state index in [0.29, 0.717) is 26.2 Å². The van der Waals surface area contributed by atoms with Crippen molar-refractivity contribution in [1.82, 2.24) is 5.32 Å². The minimum Gasteiger partial charge on any atom is -0.508 e. The molecular formula is C13H17NO3. The third-order valence-corrected chi connectivity index (χ3v) is 2.89. The molecule has 1 aromatic rings. The smallest absolute Gasteiger partial charge is 0.224 e. The van der Waals surface area contributed by atoms with E-state index in [1.54, 1.807) is 18.2 Å². The molecule has 92 valence electrons. The number of phenols is 1. The van der Waals surface area contributed by atoms with Crippen LogP contribution < -0.4 is 5.32 Å². The van der Waals surface area contributed by atoms with E-state index in [1.807, 2.05) is 6.07 Å². The molecule has 4 heteroatoms. The Morgan fingerprint density at radius 1 is 1.53 bits per heavy atom. The number of hydrogen-bond acceptors (Lipinski definition) is 3. The minimum atomic E-state index is -0.0243. The molecule has 1 fully saturated rings. The standard InChI is InChI=1S/C13H17NO3/c1-13(8-17-9-13)7-14-12(16)6-10-3-2-4-11(15)5-10/h2-5,15H,6-9H2,1H3,(H,14,16). The molecule has 0 bridgehead atoms. The van der Waals surface area contributed by atoms with Crippen LogP contribution in [-0.2, 0) is 16.0 Å². The van der Waals surface area contributed by atoms with Crippen LogP contribution in [0.3, 0.4) is 0 Å². The molecule has 1 heterocycles. The number of carbonyl (C=O) groups is 1. The minimum absolute atomic E-state index is 0.0243. The Labute approximate surface area is 101 Å². The summed E-state index contributed by atoms with van der Waals surface area (Å²) in [4.78, 5) is 11.7. The lowest BCUT2D eigenvalue weighted by Gasteiger charge is -2.38. The van der Waals surface area contributed by atoms with Crippen molar-refractivity contribution in [1.29, 1.82) is 0 Å². The van der Waals surface area contributed by atoms with Crippen LogP contribution in [0, 0.1) is 5.41 Å². The lowest BCUT2D eigenvalue weighted by molar-refractivity contribution is -0.126. The van der Waals surface area contributed by atoms with Gasteiger partial charge < -0.3 is 15.2 Å². The SMILES string of the molecule is CC1(CNC(=O)Cc2cccc(O)c2)COC1. The molecule has 4 nitrogen and oxygen atoms in total. The number of ether oxygens (including phenoxy) is 1. The molecule has 2 N–H and O–H groups in total. The second-order valence-corrected chi connectivity index (χ2v) is 4.93. The van der Waals surface area contributed by atoms with E-state index in [-0.39, 0.29) is 17.1 Å². The lowest BCUT2D eigenvalue weighted by atomic mass is 9.89. The molecule has 1 aliphatic heterocycles. The number of amides is 1. The van der Waals surface area contributed by atoms with Gasteiger partial charge in [-0.25, -0.2) is 0 Å². The van der Waals surface area contributed by atoms with Crippen molar-refractivity contribution in [2.45, 2.75) is 13.3 Å². The summed E-state index contributed by atoms with van der Waals surface area (Å²) in [6, 6.07) is 6.76. The van der Waals surface area contributed by atoms with Gasteiger partial charge in [-0.3, -0.25) is 4.79 Å². The molecule has 0 aromatic heterocycles. The number of rotatable bonds is 4. The molecule has 0 unspecified atom stereocenters. The normalized spacial score (nSPS) is 17.2. The van der Waals surface area contributed by atoms with Crippen LogP contribution in [0.5, 0.6) is 5.75 Å². The second kappa shape index (κ2) is 4.75. The molecular weight excluding hydrogens is 218 g/mol. The Morgan fingerprint density at radius 2 is 2.29 bits per heavy atom. The maximum Gasteiger partial charge on any atom is 0.224 e. The van der Waals surface area contributed by atoms with Gasteiger partial charge in [-0.1, -0.05) is 19.1 Å². The molecule has 1 amide bonds. The topological polar surface area (TPSA) is 58.6 Å². The Bertz CT molecular complexity index is 413. The van der Waals surface area contributed by atoms with Crippen molar-refractivity contribution in [2.75, 3.05) is 19.8 Å². The first-order chi connectivity index (χ1) is 8.07. The van der Waals surface area contributed by atoms with Crippen LogP contribution >= 0.6 is 0 Å². The number of phenolic OH excluding ortho intramolecular Hbond substituents is 1. The largest absolute Gasteiger partial charge is 0.508 e. The summed E-state index contributed by atoms with van der Waals surface area (Å²) in [5, 5.41) is 12.2. The molecule has 0 saturated carbocycles. The monoisotopic (exact) mass is 235 g/mol. The van der Waals surface area contributed by atoms with E-state index in [4.69, 9.17) is 4.74 Å². The average molecular weight is 235 g/mol. The van der Waals surface area contributed by atoms with E-state index < -0.39 is 0 Å². The van der Waals surface area contributed by atoms with Crippen LogP contribution in [0.2, 0.25) is 0 Å². The summed E-state index contributed by atoms with van der Waals surface area (Å²) in [6.45, 7) is 4.15. The highest BCUT2D eigenvalue weighted by Crippen LogP contribution is 2.25. The van der Waals surface area contributed by atoms with Gasteiger partial charge in [0.05, 0.1) is 19.6 Å². The fourth-order valence-electron chi connectivity index (χ4n) is 1.78. The maximum atomic E-state index is 11.7. The lowest BCUT2D eigenvalue weighted by Crippen LogP contribution is -2.48. The summed E-state index contributed by atoms with van der Waals surface area (Å²) in [5.74, 6) is 0.165. The van der Waals surface area contributed by atoms with Gasteiger partial charge in [0.1, 0.15) is 5.75 Å². The van der Waals surface area contributed by atoms with Gasteiger partial charge in [-0.2, -0.15) is 0 Å². The van der Waals surface area contributed by atoms with E-state index >= 15 is 0 Å². The number of hydrogen-bond donors (Lipinski definition) is 2. The van der Waals surface area contributed by atoms with Gasteiger partial charge in [0, 0.05) is 12.0 Å². The fourth-order valence-corrected chi connectivity index (χ4v) is 1.78. The molecule has 1 saturated heterocycles. The van der Waals surface area contributed by atoms with Crippen LogP contribution in [0.1, 0.15) is 12.5 Å². The fraction of sp³-hybridized carbons (Fsp3) is 0.462. The zero-order valence-electron chi connectivity index (χ0n) is 9.90. The highest BCUT2D eigenvalue weighted by atomic mass is 16.5. The zero-order valence-corrected chi connectivity index (χ0v) is 9.90. The maximum absolute atomic E-state index is 11.7. The number of nitrogens with one attached hydrogen (secondary N) is 1. The van der Waals surface area contributed by atoms with Gasteiger partial charge in [0.25, 0.3) is 0 Å². The summed E-state index contributed by atoms with van der Waals surface area (Å²) in [6.07, 6.45) is 0.297. The molecule has 1 aliphatic rings. The summed E-state index contributed by atoms with van der Waals surface area (Å²) >= 11 is 0. The number of carbonyl (C=O) groups excluding carboxylic acids is 1. The highest BCUT2D eigenvalue weighted by molar-refractivity contribution is 5.78. The van der Waals surface area contributed by atoms with E-state index in [0.717, 1.165) is 5.56 Å². The second-order valence-electron chi connectivity index (χ2n) is 4.93. The van der Waals surface area contributed by atoms with Crippen molar-refractivity contribution < 1.29 is 14.6 Å². The first-order valence-electron chi connectivity index (χ1n) is 5.70. The predicted molar refractivity (Wildman–Crippen MR) is 63.7 cm³/mol. The van der Waals surface area contributed by atoms with Gasteiger partial charge in [-0.15, -0.1) is 0 Å². The van der Waals surface area contributed by atoms with Crippen molar-refractivity contribution in [3.8, 4) is 5.75 Å². The summed E-state index contributed by atoms with van der Waals surface area (Å²) in [5.41, 5.74) is 0.909. The number of aromatic hydroxyl groups is 1. The zero-order chi connectivity index (χ0) is 12.3. The molecule has 2 rings (SSSR count). The highest BCUT2D eigenvalue weighted by Gasteiger charge is 2.33. The Morgan fingerprint density at radius 3 is 2.88 bits per heavy atom. The van der Waals surface area contributed by atoms with Crippen molar-refractivity contribution >= 4 is 5.91 Å². The molecule has 0 spiro atoms. The third kappa shape index (κ3) is 3.20. The van der Waals surface area contributed by atoms with Gasteiger partial charge in [0.15, 0.2) is 0 Å². The van der Waals surface area contributed by atoms with E-state index in [1.165, 1.54) is 0 Å². The molecule has 0 radical (unpaired) electrons. The Balaban J connectivity index is 1.81. The summed E-state index contributed by atoms with van der Waals surface area (Å²) < 4.78 is 5.12. The van der Waals surface area contributed by atoms with Crippen LogP contribution in [-0.4, -0.2) is 30.8 Å². The first kappa shape index (κ1) is 11.9. The Kier molecular flexibility index (Phi) is 3.33. The third-order valence-electron chi connectivity index (χ3n) is 2.89. The van der Waals surface area contributed by atoms with Crippen LogP contribution in [0.4, 0.5) is 0 Å². The summed E-state index contributed by atoms with van der Waals surface area (Å²) in [7, 11) is 0. The first-order valence-corrected chi connectivity index (χ1v) is 5.70. The van der Waals surface area contributed by atoms with Gasteiger partial charge in [-0.05, 0) is 17.7 Å². The van der Waals surface area contributed by atoms with Gasteiger partial charge >= 0.3 is 0 Å². The predicted octanol–water partition coefficient (Wildman–Crippen LogP) is 1.09. The number of benzene rings is 1. The van der Waals surface area contributed by atoms with E-state index in [9.17, 15) is 9.90 Å². The molecule has 0 atom stereocenters. The van der Waals surface area contributed by atoms with Crippen molar-refractivity contribution in [3.05, 3.63) is 29.8 Å². The average Bonchev–Trinajstić information content (AvgIpc) is 2.24. The van der Waals surface area contributed by atoms with E-state index in [2.05, 4.69) is 12.2 Å².